The predicted octanol–water partition coefficient (Wildman–Crippen LogP) is 3.84. The van der Waals surface area contributed by atoms with Gasteiger partial charge in [-0.15, -0.1) is 0 Å². The van der Waals surface area contributed by atoms with Crippen molar-refractivity contribution in [2.45, 2.75) is 69.7 Å². The average Bonchev–Trinajstić information content (AvgIpc) is 3.21. The Morgan fingerprint density at radius 3 is 2.61 bits per heavy atom. The molecule has 2 bridgehead atoms. The fourth-order valence-electron chi connectivity index (χ4n) is 8.84. The van der Waals surface area contributed by atoms with Crippen molar-refractivity contribution in [3.8, 4) is 0 Å². The van der Waals surface area contributed by atoms with Crippen LogP contribution in [0.5, 0.6) is 0 Å². The Morgan fingerprint density at radius 1 is 1.13 bits per heavy atom. The van der Waals surface area contributed by atoms with Gasteiger partial charge in [-0.1, -0.05) is 22.9 Å². The third-order valence-corrected chi connectivity index (χ3v) is 11.3. The van der Waals surface area contributed by atoms with Gasteiger partial charge in [-0.2, -0.15) is 0 Å². The van der Waals surface area contributed by atoms with Crippen molar-refractivity contribution in [2.24, 2.45) is 46.3 Å². The Balaban J connectivity index is 1.39. The number of Topliss-reactive ketones (excluding diaryl/α,β-unsaturated/α-hetero) is 1. The third-order valence-electron chi connectivity index (χ3n) is 10.1. The van der Waals surface area contributed by atoms with Crippen LogP contribution in [0.4, 0.5) is 0 Å². The zero-order valence-electron chi connectivity index (χ0n) is 18.3. The minimum Gasteiger partial charge on any atom is -0.481 e. The Hall–Kier alpha value is -0.950. The second-order valence-electron chi connectivity index (χ2n) is 11.1. The fourth-order valence-corrected chi connectivity index (χ4v) is 10.2. The maximum absolute atomic E-state index is 12.9. The molecular weight excluding hydrogens is 464 g/mol. The quantitative estimate of drug-likeness (QED) is 0.469. The molecule has 0 aromatic heterocycles. The number of alkyl halides is 1. The summed E-state index contributed by atoms with van der Waals surface area (Å²) in [5.74, 6) is 0.472. The zero-order chi connectivity index (χ0) is 22.1. The maximum Gasteiger partial charge on any atom is 0.307 e. The summed E-state index contributed by atoms with van der Waals surface area (Å²) >= 11 is 3.81. The average molecular weight is 497 g/mol. The molecule has 0 aromatic carbocycles. The van der Waals surface area contributed by atoms with Gasteiger partial charge in [0.25, 0.3) is 0 Å². The molecule has 1 aliphatic heterocycles. The summed E-state index contributed by atoms with van der Waals surface area (Å²) in [6, 6.07) is 0. The molecule has 0 amide bonds. The van der Waals surface area contributed by atoms with Crippen LogP contribution in [-0.2, 0) is 23.9 Å². The number of ether oxygens (including phenoxy) is 2. The highest BCUT2D eigenvalue weighted by molar-refractivity contribution is 9.09. The van der Waals surface area contributed by atoms with Gasteiger partial charge in [0.05, 0.1) is 18.6 Å². The van der Waals surface area contributed by atoms with E-state index in [0.717, 1.165) is 45.1 Å². The number of esters is 1. The number of carbonyl (C=O) groups excluding carboxylic acids is 2. The van der Waals surface area contributed by atoms with Crippen LogP contribution >= 0.6 is 15.9 Å². The summed E-state index contributed by atoms with van der Waals surface area (Å²) in [6.07, 6.45) is 6.79. The van der Waals surface area contributed by atoms with Crippen LogP contribution in [0.3, 0.4) is 0 Å². The van der Waals surface area contributed by atoms with E-state index in [4.69, 9.17) is 9.47 Å². The van der Waals surface area contributed by atoms with E-state index >= 15 is 0 Å². The van der Waals surface area contributed by atoms with Gasteiger partial charge >= 0.3 is 11.9 Å². The lowest BCUT2D eigenvalue weighted by molar-refractivity contribution is -0.152. The number of hydrogen-bond donors (Lipinski definition) is 1. The van der Waals surface area contributed by atoms with Gasteiger partial charge in [0.2, 0.25) is 0 Å². The molecule has 1 N–H and O–H groups in total. The summed E-state index contributed by atoms with van der Waals surface area (Å²) in [5.41, 5.74) is 0.0439. The second-order valence-corrected chi connectivity index (χ2v) is 12.1. The number of carbonyl (C=O) groups is 3. The van der Waals surface area contributed by atoms with Gasteiger partial charge in [0.15, 0.2) is 5.78 Å². The van der Waals surface area contributed by atoms with Crippen LogP contribution in [-0.4, -0.2) is 47.0 Å². The molecule has 172 valence electrons. The predicted molar refractivity (Wildman–Crippen MR) is 116 cm³/mol. The third kappa shape index (κ3) is 3.08. The summed E-state index contributed by atoms with van der Waals surface area (Å²) < 4.78 is 11.4. The van der Waals surface area contributed by atoms with Crippen LogP contribution in [0.1, 0.15) is 58.8 Å². The summed E-state index contributed by atoms with van der Waals surface area (Å²) in [7, 11) is 0. The first-order chi connectivity index (χ1) is 14.7. The molecule has 0 spiro atoms. The maximum atomic E-state index is 12.9. The van der Waals surface area contributed by atoms with Gasteiger partial charge in [-0.25, -0.2) is 0 Å². The number of ketones is 1. The smallest absolute Gasteiger partial charge is 0.307 e. The van der Waals surface area contributed by atoms with Crippen molar-refractivity contribution in [1.82, 2.24) is 0 Å². The molecule has 4 saturated carbocycles. The fraction of sp³-hybridized carbons (Fsp3) is 0.875. The first-order valence-electron chi connectivity index (χ1n) is 11.8. The molecule has 7 heteroatoms. The topological polar surface area (TPSA) is 89.9 Å². The van der Waals surface area contributed by atoms with Gasteiger partial charge in [-0.3, -0.25) is 14.4 Å². The van der Waals surface area contributed by atoms with E-state index in [1.54, 1.807) is 0 Å². The molecule has 10 atom stereocenters. The SMILES string of the molecule is CC(=O)OCC(=O)[C@H]1CCC2C3C[C@@H]4OC[C@@]5(CC[C@H](C(=O)O)[C@@H](Br)C45)C3CC[C@@]21C. The summed E-state index contributed by atoms with van der Waals surface area (Å²) in [4.78, 5) is 35.9. The lowest BCUT2D eigenvalue weighted by Crippen LogP contribution is -2.59. The van der Waals surface area contributed by atoms with Crippen molar-refractivity contribution in [3.63, 3.8) is 0 Å². The van der Waals surface area contributed by atoms with Gasteiger partial charge in [0.1, 0.15) is 6.61 Å². The number of aliphatic carboxylic acids is 1. The van der Waals surface area contributed by atoms with Gasteiger partial charge in [0, 0.05) is 29.0 Å². The number of halogens is 1. The van der Waals surface area contributed by atoms with Crippen molar-refractivity contribution in [1.29, 1.82) is 0 Å². The largest absolute Gasteiger partial charge is 0.481 e. The molecule has 31 heavy (non-hydrogen) atoms. The van der Waals surface area contributed by atoms with Gasteiger partial charge in [-0.05, 0) is 68.1 Å². The molecule has 1 saturated heterocycles. The molecule has 0 radical (unpaired) electrons. The first-order valence-corrected chi connectivity index (χ1v) is 12.7. The van der Waals surface area contributed by atoms with Crippen molar-refractivity contribution in [3.05, 3.63) is 0 Å². The molecule has 6 nitrogen and oxygen atoms in total. The van der Waals surface area contributed by atoms with Gasteiger partial charge < -0.3 is 14.6 Å². The second kappa shape index (κ2) is 7.54. The van der Waals surface area contributed by atoms with E-state index in [1.165, 1.54) is 6.92 Å². The highest BCUT2D eigenvalue weighted by atomic mass is 79.9. The number of carboxylic acids is 1. The van der Waals surface area contributed by atoms with Crippen molar-refractivity contribution >= 4 is 33.7 Å². The van der Waals surface area contributed by atoms with Crippen LogP contribution in [0.15, 0.2) is 0 Å². The molecule has 5 aliphatic rings. The lowest BCUT2D eigenvalue weighted by Gasteiger charge is -2.60. The first kappa shape index (κ1) is 21.9. The molecule has 5 rings (SSSR count). The minimum atomic E-state index is -0.695. The monoisotopic (exact) mass is 496 g/mol. The standard InChI is InChI=1S/C24H33BrO6/c1-12(26)30-10-18(27)17-4-3-15-14-9-19-20-21(25)13(22(28)29)5-8-24(20,11-31-19)16(14)6-7-23(15,17)2/h13-17,19-21H,3-11H2,1-2H3,(H,28,29)/t13-,14?,15?,16?,17+,19-,20?,21+,23-,24-/m0/s1. The minimum absolute atomic E-state index is 0.0258. The number of fused-ring (bicyclic) bond motifs is 3. The Kier molecular flexibility index (Phi) is 5.32. The lowest BCUT2D eigenvalue weighted by atomic mass is 9.44. The molecule has 1 heterocycles. The normalized spacial score (nSPS) is 50.2. The summed E-state index contributed by atoms with van der Waals surface area (Å²) in [6.45, 7) is 4.30. The number of rotatable bonds is 4. The highest BCUT2D eigenvalue weighted by Crippen LogP contribution is 2.70. The van der Waals surface area contributed by atoms with Crippen LogP contribution < -0.4 is 0 Å². The van der Waals surface area contributed by atoms with Crippen LogP contribution in [0.25, 0.3) is 0 Å². The molecule has 0 aromatic rings. The molecule has 4 aliphatic carbocycles. The molecule has 4 unspecified atom stereocenters. The van der Waals surface area contributed by atoms with Crippen LogP contribution in [0, 0.1) is 46.3 Å². The van der Waals surface area contributed by atoms with E-state index in [2.05, 4.69) is 22.9 Å². The molecular formula is C24H33BrO6. The van der Waals surface area contributed by atoms with Crippen molar-refractivity contribution in [2.75, 3.05) is 13.2 Å². The summed E-state index contributed by atoms with van der Waals surface area (Å²) in [5, 5.41) is 9.70. The van der Waals surface area contributed by atoms with E-state index in [-0.39, 0.29) is 51.9 Å². The Labute approximate surface area is 191 Å². The number of hydrogen-bond acceptors (Lipinski definition) is 5. The van der Waals surface area contributed by atoms with Crippen molar-refractivity contribution < 1.29 is 29.0 Å². The van der Waals surface area contributed by atoms with Crippen LogP contribution in [0.2, 0.25) is 0 Å². The number of carboxylic acid groups (broad SMARTS) is 1. The van der Waals surface area contributed by atoms with E-state index < -0.39 is 11.9 Å². The zero-order valence-corrected chi connectivity index (χ0v) is 19.9. The van der Waals surface area contributed by atoms with E-state index in [9.17, 15) is 19.5 Å². The molecule has 5 fully saturated rings. The van der Waals surface area contributed by atoms with E-state index in [0.29, 0.717) is 24.2 Å². The Morgan fingerprint density at radius 2 is 1.90 bits per heavy atom. The highest BCUT2D eigenvalue weighted by Gasteiger charge is 2.69. The Bertz CT molecular complexity index is 799. The van der Waals surface area contributed by atoms with E-state index in [1.807, 2.05) is 0 Å².